The summed E-state index contributed by atoms with van der Waals surface area (Å²) in [4.78, 5) is 10.8. The normalized spacial score (nSPS) is 15.8. The van der Waals surface area contributed by atoms with Crippen LogP contribution < -0.4 is 4.90 Å². The number of hydrogen-bond acceptors (Lipinski definition) is 3. The van der Waals surface area contributed by atoms with Crippen molar-refractivity contribution in [2.24, 2.45) is 0 Å². The Hall–Kier alpha value is -0.540. The second-order valence-corrected chi connectivity index (χ2v) is 4.74. The van der Waals surface area contributed by atoms with E-state index >= 15 is 0 Å². The lowest BCUT2D eigenvalue weighted by atomic mass is 10.2. The Bertz CT molecular complexity index is 352. The van der Waals surface area contributed by atoms with Gasteiger partial charge in [0, 0.05) is 18.7 Å². The van der Waals surface area contributed by atoms with Crippen LogP contribution in [-0.2, 0) is 6.42 Å². The second-order valence-electron chi connectivity index (χ2n) is 4.03. The number of nitrogens with zero attached hydrogens (tertiary/aromatic N) is 3. The quantitative estimate of drug-likeness (QED) is 0.780. The molecule has 0 unspecified atom stereocenters. The summed E-state index contributed by atoms with van der Waals surface area (Å²) in [6.07, 6.45) is 4.20. The molecule has 0 aromatic carbocycles. The number of aromatic nitrogens is 2. The molecule has 0 atom stereocenters. The van der Waals surface area contributed by atoms with Crippen LogP contribution in [0.3, 0.4) is 0 Å². The van der Waals surface area contributed by atoms with E-state index in [0.29, 0.717) is 16.3 Å². The number of rotatable bonds is 3. The standard InChI is InChI=1S/C11H15Cl2N3/c1-2-5-8-9(12)14-11(15-10(8)13)16-6-3-4-7-16/h2-7H2,1H3. The number of halogens is 2. The molecule has 5 heteroatoms. The maximum atomic E-state index is 6.13. The first-order valence-electron chi connectivity index (χ1n) is 5.69. The van der Waals surface area contributed by atoms with Crippen molar-refractivity contribution in [1.29, 1.82) is 0 Å². The molecule has 0 spiro atoms. The molecule has 0 N–H and O–H groups in total. The van der Waals surface area contributed by atoms with Crippen molar-refractivity contribution in [1.82, 2.24) is 9.97 Å². The van der Waals surface area contributed by atoms with E-state index in [1.165, 1.54) is 12.8 Å². The summed E-state index contributed by atoms with van der Waals surface area (Å²) < 4.78 is 0. The van der Waals surface area contributed by atoms with Gasteiger partial charge in [-0.1, -0.05) is 36.5 Å². The van der Waals surface area contributed by atoms with Gasteiger partial charge in [0.15, 0.2) is 0 Å². The van der Waals surface area contributed by atoms with Crippen LogP contribution in [-0.4, -0.2) is 23.1 Å². The molecule has 0 radical (unpaired) electrons. The van der Waals surface area contributed by atoms with E-state index in [4.69, 9.17) is 23.2 Å². The van der Waals surface area contributed by atoms with Crippen LogP contribution in [0.15, 0.2) is 0 Å². The van der Waals surface area contributed by atoms with E-state index in [0.717, 1.165) is 31.5 Å². The molecular formula is C11H15Cl2N3. The van der Waals surface area contributed by atoms with Crippen molar-refractivity contribution < 1.29 is 0 Å². The van der Waals surface area contributed by atoms with Crippen molar-refractivity contribution in [3.8, 4) is 0 Å². The third-order valence-electron chi connectivity index (χ3n) is 2.78. The molecule has 1 aliphatic heterocycles. The first-order chi connectivity index (χ1) is 7.72. The molecule has 1 fully saturated rings. The van der Waals surface area contributed by atoms with Crippen LogP contribution in [0.5, 0.6) is 0 Å². The van der Waals surface area contributed by atoms with E-state index in [1.54, 1.807) is 0 Å². The van der Waals surface area contributed by atoms with Gasteiger partial charge in [0.25, 0.3) is 0 Å². The summed E-state index contributed by atoms with van der Waals surface area (Å²) in [7, 11) is 0. The summed E-state index contributed by atoms with van der Waals surface area (Å²) in [5.41, 5.74) is 0.869. The predicted octanol–water partition coefficient (Wildman–Crippen LogP) is 3.34. The van der Waals surface area contributed by atoms with Gasteiger partial charge in [-0.05, 0) is 19.3 Å². The van der Waals surface area contributed by atoms with Crippen LogP contribution in [0.4, 0.5) is 5.95 Å². The molecular weight excluding hydrogens is 245 g/mol. The molecule has 0 amide bonds. The zero-order valence-electron chi connectivity index (χ0n) is 9.34. The van der Waals surface area contributed by atoms with Crippen molar-refractivity contribution in [2.45, 2.75) is 32.6 Å². The Morgan fingerprint density at radius 3 is 2.19 bits per heavy atom. The highest BCUT2D eigenvalue weighted by atomic mass is 35.5. The molecule has 0 bridgehead atoms. The summed E-state index contributed by atoms with van der Waals surface area (Å²) >= 11 is 12.3. The molecule has 1 aliphatic rings. The smallest absolute Gasteiger partial charge is 0.228 e. The minimum Gasteiger partial charge on any atom is -0.341 e. The molecule has 88 valence electrons. The molecule has 0 aliphatic carbocycles. The van der Waals surface area contributed by atoms with Gasteiger partial charge >= 0.3 is 0 Å². The van der Waals surface area contributed by atoms with E-state index in [-0.39, 0.29) is 0 Å². The lowest BCUT2D eigenvalue weighted by molar-refractivity contribution is 0.865. The molecule has 3 nitrogen and oxygen atoms in total. The average molecular weight is 260 g/mol. The Morgan fingerprint density at radius 1 is 1.12 bits per heavy atom. The maximum absolute atomic E-state index is 6.13. The van der Waals surface area contributed by atoms with Crippen molar-refractivity contribution in [3.05, 3.63) is 15.9 Å². The number of anilines is 1. The summed E-state index contributed by atoms with van der Waals surface area (Å²) in [5.74, 6) is 0.673. The average Bonchev–Trinajstić information content (AvgIpc) is 2.76. The summed E-state index contributed by atoms with van der Waals surface area (Å²) in [6.45, 7) is 4.08. The third-order valence-corrected chi connectivity index (χ3v) is 3.41. The first-order valence-corrected chi connectivity index (χ1v) is 6.45. The van der Waals surface area contributed by atoms with Crippen LogP contribution in [0.2, 0.25) is 10.3 Å². The minimum atomic E-state index is 0.503. The van der Waals surface area contributed by atoms with Crippen molar-refractivity contribution >= 4 is 29.2 Å². The molecule has 1 aromatic rings. The van der Waals surface area contributed by atoms with Gasteiger partial charge in [0.05, 0.1) is 0 Å². The van der Waals surface area contributed by atoms with Gasteiger partial charge in [0.1, 0.15) is 10.3 Å². The predicted molar refractivity (Wildman–Crippen MR) is 67.5 cm³/mol. The maximum Gasteiger partial charge on any atom is 0.228 e. The lowest BCUT2D eigenvalue weighted by Gasteiger charge is -2.16. The van der Waals surface area contributed by atoms with Crippen molar-refractivity contribution in [3.63, 3.8) is 0 Å². The van der Waals surface area contributed by atoms with Gasteiger partial charge in [-0.15, -0.1) is 0 Å². The van der Waals surface area contributed by atoms with Gasteiger partial charge in [-0.2, -0.15) is 0 Å². The fourth-order valence-corrected chi connectivity index (χ4v) is 2.50. The Balaban J connectivity index is 2.28. The summed E-state index contributed by atoms with van der Waals surface area (Å²) in [6, 6.07) is 0. The SMILES string of the molecule is CCCc1c(Cl)nc(N2CCCC2)nc1Cl. The first kappa shape index (κ1) is 11.9. The monoisotopic (exact) mass is 259 g/mol. The number of hydrogen-bond donors (Lipinski definition) is 0. The van der Waals surface area contributed by atoms with Gasteiger partial charge in [0.2, 0.25) is 5.95 Å². The van der Waals surface area contributed by atoms with E-state index in [9.17, 15) is 0 Å². The van der Waals surface area contributed by atoms with E-state index in [2.05, 4.69) is 21.8 Å². The minimum absolute atomic E-state index is 0.503. The highest BCUT2D eigenvalue weighted by Gasteiger charge is 2.18. The zero-order chi connectivity index (χ0) is 11.5. The molecule has 16 heavy (non-hydrogen) atoms. The molecule has 1 saturated heterocycles. The topological polar surface area (TPSA) is 29.0 Å². The van der Waals surface area contributed by atoms with Crippen molar-refractivity contribution in [2.75, 3.05) is 18.0 Å². The fraction of sp³-hybridized carbons (Fsp3) is 0.636. The summed E-state index contributed by atoms with van der Waals surface area (Å²) in [5, 5.41) is 1.01. The molecule has 0 saturated carbocycles. The second kappa shape index (κ2) is 5.19. The molecule has 1 aromatic heterocycles. The molecule has 2 heterocycles. The fourth-order valence-electron chi connectivity index (χ4n) is 1.94. The third kappa shape index (κ3) is 2.41. The largest absolute Gasteiger partial charge is 0.341 e. The van der Waals surface area contributed by atoms with E-state index < -0.39 is 0 Å². The highest BCUT2D eigenvalue weighted by molar-refractivity contribution is 6.34. The van der Waals surface area contributed by atoms with Crippen LogP contribution in [0.25, 0.3) is 0 Å². The van der Waals surface area contributed by atoms with Crippen LogP contribution in [0.1, 0.15) is 31.7 Å². The van der Waals surface area contributed by atoms with Gasteiger partial charge in [-0.3, -0.25) is 0 Å². The Labute approximate surface area is 106 Å². The zero-order valence-corrected chi connectivity index (χ0v) is 10.9. The van der Waals surface area contributed by atoms with Crippen LogP contribution >= 0.6 is 23.2 Å². The Kier molecular flexibility index (Phi) is 3.87. The molecule has 2 rings (SSSR count). The lowest BCUT2D eigenvalue weighted by Crippen LogP contribution is -2.21. The van der Waals surface area contributed by atoms with Gasteiger partial charge < -0.3 is 4.90 Å². The highest BCUT2D eigenvalue weighted by Crippen LogP contribution is 2.26. The van der Waals surface area contributed by atoms with E-state index in [1.807, 2.05) is 0 Å². The Morgan fingerprint density at radius 2 is 1.69 bits per heavy atom. The van der Waals surface area contributed by atoms with Crippen LogP contribution in [0, 0.1) is 0 Å². The van der Waals surface area contributed by atoms with Gasteiger partial charge in [-0.25, -0.2) is 9.97 Å².